The topological polar surface area (TPSA) is 71.1 Å². The molecule has 6 heteroatoms. The van der Waals surface area contributed by atoms with Crippen molar-refractivity contribution in [3.8, 4) is 6.07 Å². The molecule has 5 nitrogen and oxygen atoms in total. The normalized spacial score (nSPS) is 13.4. The van der Waals surface area contributed by atoms with Crippen LogP contribution in [0, 0.1) is 11.3 Å². The van der Waals surface area contributed by atoms with E-state index in [1.807, 2.05) is 19.6 Å². The fourth-order valence-corrected chi connectivity index (χ4v) is 2.23. The summed E-state index contributed by atoms with van der Waals surface area (Å²) in [5.74, 6) is 0. The first-order chi connectivity index (χ1) is 7.48. The number of nitrogens with zero attached hydrogens (tertiary/aromatic N) is 3. The molecule has 1 heterocycles. The van der Waals surface area contributed by atoms with Crippen molar-refractivity contribution in [1.29, 1.82) is 5.26 Å². The molecule has 1 aromatic rings. The maximum atomic E-state index is 9.10. The molecule has 0 fully saturated rings. The zero-order chi connectivity index (χ0) is 12.2. The SMILES string of the molecule is C[Si](C)(C)OC(C#N)c1ccnn1CCO. The summed E-state index contributed by atoms with van der Waals surface area (Å²) in [5.41, 5.74) is 0.707. The van der Waals surface area contributed by atoms with E-state index in [0.29, 0.717) is 12.2 Å². The second-order valence-electron chi connectivity index (χ2n) is 4.44. The van der Waals surface area contributed by atoms with E-state index in [1.165, 1.54) is 0 Å². The van der Waals surface area contributed by atoms with E-state index >= 15 is 0 Å². The lowest BCUT2D eigenvalue weighted by molar-refractivity contribution is 0.227. The number of nitriles is 1. The summed E-state index contributed by atoms with van der Waals surface area (Å²) < 4.78 is 7.36. The van der Waals surface area contributed by atoms with Gasteiger partial charge in [0.2, 0.25) is 0 Å². The van der Waals surface area contributed by atoms with Crippen LogP contribution in [-0.4, -0.2) is 29.8 Å². The van der Waals surface area contributed by atoms with E-state index in [-0.39, 0.29) is 6.61 Å². The predicted octanol–water partition coefficient (Wildman–Crippen LogP) is 1.29. The molecule has 0 radical (unpaired) electrons. The molecule has 0 saturated heterocycles. The molecule has 0 bridgehead atoms. The summed E-state index contributed by atoms with van der Waals surface area (Å²) in [7, 11) is -1.77. The number of hydrogen-bond acceptors (Lipinski definition) is 4. The molecule has 0 aromatic carbocycles. The van der Waals surface area contributed by atoms with Crippen LogP contribution in [0.2, 0.25) is 19.6 Å². The molecular formula is C10H17N3O2Si. The van der Waals surface area contributed by atoms with Crippen molar-refractivity contribution in [3.63, 3.8) is 0 Å². The smallest absolute Gasteiger partial charge is 0.186 e. The summed E-state index contributed by atoms with van der Waals surface area (Å²) in [6.45, 7) is 6.48. The first-order valence-corrected chi connectivity index (χ1v) is 8.59. The van der Waals surface area contributed by atoms with Crippen molar-refractivity contribution in [2.24, 2.45) is 0 Å². The van der Waals surface area contributed by atoms with Gasteiger partial charge in [0, 0.05) is 6.20 Å². The molecule has 1 rings (SSSR count). The largest absolute Gasteiger partial charge is 0.398 e. The van der Waals surface area contributed by atoms with Gasteiger partial charge < -0.3 is 9.53 Å². The van der Waals surface area contributed by atoms with Gasteiger partial charge in [-0.25, -0.2) is 0 Å². The summed E-state index contributed by atoms with van der Waals surface area (Å²) in [6.07, 6.45) is 1.02. The number of aromatic nitrogens is 2. The second kappa shape index (κ2) is 5.25. The first kappa shape index (κ1) is 12.9. The molecule has 1 unspecified atom stereocenters. The van der Waals surface area contributed by atoms with Crippen LogP contribution in [0.1, 0.15) is 11.8 Å². The van der Waals surface area contributed by atoms with Crippen molar-refractivity contribution in [2.75, 3.05) is 6.61 Å². The van der Waals surface area contributed by atoms with Gasteiger partial charge in [-0.15, -0.1) is 0 Å². The van der Waals surface area contributed by atoms with Crippen LogP contribution in [-0.2, 0) is 11.0 Å². The molecule has 0 amide bonds. The molecule has 0 aliphatic rings. The van der Waals surface area contributed by atoms with Crippen molar-refractivity contribution in [3.05, 3.63) is 18.0 Å². The lowest BCUT2D eigenvalue weighted by Gasteiger charge is -2.22. The predicted molar refractivity (Wildman–Crippen MR) is 62.1 cm³/mol. The highest BCUT2D eigenvalue weighted by molar-refractivity contribution is 6.69. The zero-order valence-corrected chi connectivity index (χ0v) is 10.8. The Labute approximate surface area is 96.4 Å². The number of aliphatic hydroxyl groups excluding tert-OH is 1. The van der Waals surface area contributed by atoms with Crippen LogP contribution in [0.4, 0.5) is 0 Å². The highest BCUT2D eigenvalue weighted by atomic mass is 28.4. The highest BCUT2D eigenvalue weighted by Gasteiger charge is 2.24. The van der Waals surface area contributed by atoms with Crippen LogP contribution in [0.5, 0.6) is 0 Å². The summed E-state index contributed by atoms with van der Waals surface area (Å²) in [5, 5.41) is 22.0. The van der Waals surface area contributed by atoms with Crippen LogP contribution in [0.25, 0.3) is 0 Å². The second-order valence-corrected chi connectivity index (χ2v) is 8.90. The van der Waals surface area contributed by atoms with Crippen LogP contribution < -0.4 is 0 Å². The first-order valence-electron chi connectivity index (χ1n) is 5.18. The minimum absolute atomic E-state index is 0.000223. The van der Waals surface area contributed by atoms with E-state index in [9.17, 15) is 0 Å². The van der Waals surface area contributed by atoms with E-state index in [1.54, 1.807) is 16.9 Å². The molecule has 1 aromatic heterocycles. The van der Waals surface area contributed by atoms with E-state index in [4.69, 9.17) is 14.8 Å². The van der Waals surface area contributed by atoms with Crippen molar-refractivity contribution < 1.29 is 9.53 Å². The highest BCUT2D eigenvalue weighted by Crippen LogP contribution is 2.21. The van der Waals surface area contributed by atoms with Crippen LogP contribution in [0.15, 0.2) is 12.3 Å². The van der Waals surface area contributed by atoms with Gasteiger partial charge >= 0.3 is 0 Å². The monoisotopic (exact) mass is 239 g/mol. The molecule has 0 spiro atoms. The third kappa shape index (κ3) is 3.45. The average molecular weight is 239 g/mol. The summed E-state index contributed by atoms with van der Waals surface area (Å²) in [4.78, 5) is 0. The van der Waals surface area contributed by atoms with Gasteiger partial charge in [-0.05, 0) is 25.7 Å². The Morgan fingerprint density at radius 3 is 2.81 bits per heavy atom. The van der Waals surface area contributed by atoms with E-state index < -0.39 is 14.4 Å². The molecule has 0 aliphatic carbocycles. The van der Waals surface area contributed by atoms with Gasteiger partial charge in [0.1, 0.15) is 0 Å². The number of hydrogen-bond donors (Lipinski definition) is 1. The Bertz CT molecular complexity index is 378. The molecular weight excluding hydrogens is 222 g/mol. The molecule has 1 atom stereocenters. The third-order valence-corrected chi connectivity index (χ3v) is 2.86. The van der Waals surface area contributed by atoms with Gasteiger partial charge in [0.05, 0.1) is 24.9 Å². The van der Waals surface area contributed by atoms with Gasteiger partial charge in [-0.3, -0.25) is 4.68 Å². The quantitative estimate of drug-likeness (QED) is 0.786. The van der Waals surface area contributed by atoms with Gasteiger partial charge in [0.15, 0.2) is 14.4 Å². The van der Waals surface area contributed by atoms with Gasteiger partial charge in [-0.2, -0.15) is 10.4 Å². The van der Waals surface area contributed by atoms with Crippen LogP contribution >= 0.6 is 0 Å². The zero-order valence-electron chi connectivity index (χ0n) is 9.84. The van der Waals surface area contributed by atoms with E-state index in [0.717, 1.165) is 0 Å². The van der Waals surface area contributed by atoms with Crippen LogP contribution in [0.3, 0.4) is 0 Å². The maximum Gasteiger partial charge on any atom is 0.186 e. The number of aliphatic hydroxyl groups is 1. The molecule has 88 valence electrons. The average Bonchev–Trinajstić information content (AvgIpc) is 2.61. The Balaban J connectivity index is 2.87. The molecule has 16 heavy (non-hydrogen) atoms. The maximum absolute atomic E-state index is 9.10. The Morgan fingerprint density at radius 2 is 2.31 bits per heavy atom. The Hall–Kier alpha value is -1.16. The Kier molecular flexibility index (Phi) is 4.24. The van der Waals surface area contributed by atoms with E-state index in [2.05, 4.69) is 11.2 Å². The third-order valence-electron chi connectivity index (χ3n) is 1.92. The standard InChI is InChI=1S/C10H17N3O2Si/c1-16(2,3)15-10(8-11)9-4-5-12-13(9)6-7-14/h4-5,10,14H,6-7H2,1-3H3. The summed E-state index contributed by atoms with van der Waals surface area (Å²) >= 11 is 0. The fourth-order valence-electron chi connectivity index (χ4n) is 1.35. The minimum Gasteiger partial charge on any atom is -0.398 e. The van der Waals surface area contributed by atoms with Crippen molar-refractivity contribution in [1.82, 2.24) is 9.78 Å². The molecule has 1 N–H and O–H groups in total. The van der Waals surface area contributed by atoms with Crippen molar-refractivity contribution >= 4 is 8.32 Å². The van der Waals surface area contributed by atoms with Gasteiger partial charge in [0.25, 0.3) is 0 Å². The lowest BCUT2D eigenvalue weighted by Crippen LogP contribution is -2.28. The fraction of sp³-hybridized carbons (Fsp3) is 0.600. The minimum atomic E-state index is -1.77. The van der Waals surface area contributed by atoms with Gasteiger partial charge in [-0.1, -0.05) is 0 Å². The molecule has 0 aliphatic heterocycles. The lowest BCUT2D eigenvalue weighted by atomic mass is 10.3. The molecule has 0 saturated carbocycles. The Morgan fingerprint density at radius 1 is 1.62 bits per heavy atom. The number of rotatable bonds is 5. The van der Waals surface area contributed by atoms with Crippen molar-refractivity contribution in [2.45, 2.75) is 32.3 Å². The summed E-state index contributed by atoms with van der Waals surface area (Å²) in [6, 6.07) is 3.88.